The summed E-state index contributed by atoms with van der Waals surface area (Å²) in [6.45, 7) is 61.0. The first-order valence-electron chi connectivity index (χ1n) is 41.8. The minimum atomic E-state index is -0.499. The van der Waals surface area contributed by atoms with Crippen LogP contribution in [-0.2, 0) is 72.3 Å². The average Bonchev–Trinajstić information content (AvgIpc) is 1.24. The molecule has 0 unspecified atom stereocenters. The van der Waals surface area contributed by atoms with Crippen molar-refractivity contribution in [3.8, 4) is 0 Å². The second-order valence-corrected chi connectivity index (χ2v) is 34.5. The molecule has 5 amide bonds. The van der Waals surface area contributed by atoms with Crippen molar-refractivity contribution in [1.82, 2.24) is 36.1 Å². The number of thioether (sulfide) groups is 1. The molecule has 1 aliphatic carbocycles. The number of aliphatic hydroxyl groups excluding tert-OH is 1. The lowest BCUT2D eigenvalue weighted by molar-refractivity contribution is -0.127. The van der Waals surface area contributed by atoms with Gasteiger partial charge in [0.2, 0.25) is 29.5 Å². The van der Waals surface area contributed by atoms with E-state index in [-0.39, 0.29) is 98.7 Å². The van der Waals surface area contributed by atoms with Crippen LogP contribution >= 0.6 is 51.1 Å². The van der Waals surface area contributed by atoms with Gasteiger partial charge in [0.05, 0.1) is 40.8 Å². The van der Waals surface area contributed by atoms with Crippen LogP contribution in [0.5, 0.6) is 0 Å². The van der Waals surface area contributed by atoms with E-state index < -0.39 is 5.91 Å². The number of hydrogen-bond donors (Lipinski definition) is 13. The number of carbonyl (C=O) groups excluding carboxylic acids is 10. The minimum Gasteiger partial charge on any atom is -0.511 e. The van der Waals surface area contributed by atoms with E-state index in [0.29, 0.717) is 77.5 Å². The highest BCUT2D eigenvalue weighted by Gasteiger charge is 2.35. The van der Waals surface area contributed by atoms with Crippen LogP contribution in [0.4, 0.5) is 0 Å². The smallest absolute Gasteiger partial charge is 0.326 e. The highest BCUT2D eigenvalue weighted by Crippen LogP contribution is 2.37. The largest absolute Gasteiger partial charge is 0.511 e. The molecule has 116 heavy (non-hydrogen) atoms. The first kappa shape index (κ1) is 135. The van der Waals surface area contributed by atoms with E-state index in [1.165, 1.54) is 52.5 Å². The third-order valence-corrected chi connectivity index (χ3v) is 19.3. The summed E-state index contributed by atoms with van der Waals surface area (Å²) in [6, 6.07) is 3.99. The monoisotopic (exact) mass is 1770 g/mol. The van der Waals surface area contributed by atoms with Gasteiger partial charge in [-0.05, 0) is 120 Å². The molecule has 0 saturated carbocycles. The lowest BCUT2D eigenvalue weighted by Gasteiger charge is -2.30. The van der Waals surface area contributed by atoms with Crippen molar-refractivity contribution >= 4 is 150 Å². The van der Waals surface area contributed by atoms with Crippen molar-refractivity contribution in [2.45, 2.75) is 353 Å². The zero-order valence-corrected chi connectivity index (χ0v) is 84.2. The highest BCUT2D eigenvalue weighted by molar-refractivity contribution is 8.40. The van der Waals surface area contributed by atoms with Crippen LogP contribution in [0.15, 0.2) is 39.3 Å². The summed E-state index contributed by atoms with van der Waals surface area (Å²) >= 11 is 18.3. The Hall–Kier alpha value is -4.67. The Morgan fingerprint density at radius 1 is 0.638 bits per heavy atom. The number of aromatic amines is 1. The van der Waals surface area contributed by atoms with E-state index in [2.05, 4.69) is 133 Å². The Bertz CT molecular complexity index is 2920. The van der Waals surface area contributed by atoms with Gasteiger partial charge in [-0.3, -0.25) is 62.8 Å². The highest BCUT2D eigenvalue weighted by atomic mass is 32.7. The number of amides is 5. The quantitative estimate of drug-likeness (QED) is 0.0144. The van der Waals surface area contributed by atoms with Gasteiger partial charge in [0.15, 0.2) is 17.3 Å². The Kier molecular flexibility index (Phi) is 104. The number of primary amides is 1. The first-order valence-corrected chi connectivity index (χ1v) is 48.7. The maximum atomic E-state index is 12.4. The number of carbonyl (C=O) groups is 10. The number of aromatic nitrogens is 2. The maximum Gasteiger partial charge on any atom is 0.326 e. The molecule has 0 radical (unpaired) electrons. The molecule has 15 N–H and O–H groups in total. The first-order chi connectivity index (χ1) is 54.3. The van der Waals surface area contributed by atoms with Crippen molar-refractivity contribution in [2.24, 2.45) is 44.7 Å². The van der Waals surface area contributed by atoms with Gasteiger partial charge < -0.3 is 54.3 Å². The molecule has 2 heterocycles. The van der Waals surface area contributed by atoms with Gasteiger partial charge in [-0.15, -0.1) is 11.8 Å². The second-order valence-electron chi connectivity index (χ2n) is 28.5. The predicted octanol–water partition coefficient (Wildman–Crippen LogP) is 17.6. The summed E-state index contributed by atoms with van der Waals surface area (Å²) < 4.78 is 1.62. The van der Waals surface area contributed by atoms with Gasteiger partial charge >= 0.3 is 5.69 Å². The molecule has 4 rings (SSSR count). The normalized spacial score (nSPS) is 13.3. The number of thiol groups is 2. The third-order valence-electron chi connectivity index (χ3n) is 14.9. The Labute approximate surface area is 733 Å². The van der Waals surface area contributed by atoms with Crippen molar-refractivity contribution in [3.05, 3.63) is 45.6 Å². The number of fused-ring (bicyclic) bond motifs is 1. The summed E-state index contributed by atoms with van der Waals surface area (Å²) in [5.41, 5.74) is 22.6. The van der Waals surface area contributed by atoms with Gasteiger partial charge in [-0.25, -0.2) is 4.79 Å². The van der Waals surface area contributed by atoms with Crippen molar-refractivity contribution in [3.63, 3.8) is 0 Å². The molecule has 2 aromatic rings. The summed E-state index contributed by atoms with van der Waals surface area (Å²) in [6.07, 6.45) is 17.3. The summed E-state index contributed by atoms with van der Waals surface area (Å²) in [7, 11) is 3.24. The van der Waals surface area contributed by atoms with Crippen molar-refractivity contribution < 1.29 is 53.1 Å². The molecule has 2 aliphatic rings. The van der Waals surface area contributed by atoms with Crippen LogP contribution in [0.2, 0.25) is 0 Å². The number of Topliss-reactive ketones (excluding diaryl/α,β-unsaturated/α-hetero) is 5. The third kappa shape index (κ3) is 83.0. The molecule has 1 aromatic carbocycles. The summed E-state index contributed by atoms with van der Waals surface area (Å²) in [4.78, 5) is 128. The number of H-pyrrole nitrogens is 1. The molecule has 4 atom stereocenters. The minimum absolute atomic E-state index is 0.0543. The topological polar surface area (TPSA) is 405 Å². The molecule has 0 spiro atoms. The number of nitrogens with one attached hydrogen (secondary N) is 6. The van der Waals surface area contributed by atoms with Gasteiger partial charge in [-0.2, -0.15) is 25.3 Å². The number of nitrogens with zero attached hydrogens (tertiary/aromatic N) is 2. The van der Waals surface area contributed by atoms with Crippen LogP contribution in [0.25, 0.3) is 11.0 Å². The number of nitrogens with two attached hydrogens (primary N) is 4. The molecule has 1 saturated heterocycles. The number of ketones is 5. The van der Waals surface area contributed by atoms with Crippen LogP contribution < -0.4 is 55.2 Å². The van der Waals surface area contributed by atoms with E-state index in [1.807, 2.05) is 111 Å². The van der Waals surface area contributed by atoms with Crippen LogP contribution in [0, 0.1) is 16.7 Å². The lowest BCUT2D eigenvalue weighted by atomic mass is 9.75. The number of unbranched alkanes of at least 4 members (excludes halogenated alkanes) is 8. The van der Waals surface area contributed by atoms with Crippen LogP contribution in [0.3, 0.4) is 0 Å². The zero-order valence-electron chi connectivity index (χ0n) is 78.2. The number of aliphatic imine (C=N–C) groups is 1. The molecular weight excluding hydrogens is 1600 g/mol. The van der Waals surface area contributed by atoms with Gasteiger partial charge in [0, 0.05) is 145 Å². The number of hydrogen-bond acceptors (Lipinski definition) is 22. The fourth-order valence-electron chi connectivity index (χ4n) is 9.17. The Balaban J connectivity index is -0.000000119. The summed E-state index contributed by atoms with van der Waals surface area (Å²) in [5.74, 6) is 3.63. The average molecular weight is 1770 g/mol. The van der Waals surface area contributed by atoms with Crippen molar-refractivity contribution in [1.29, 1.82) is 0 Å². The maximum absolute atomic E-state index is 12.4. The molecule has 1 aromatic heterocycles. The zero-order chi connectivity index (χ0) is 93.4. The fourth-order valence-corrected chi connectivity index (χ4v) is 10.5. The van der Waals surface area contributed by atoms with Crippen LogP contribution in [-0.4, -0.2) is 159 Å². The predicted molar refractivity (Wildman–Crippen MR) is 515 cm³/mol. The van der Waals surface area contributed by atoms with Gasteiger partial charge in [0.1, 0.15) is 17.3 Å². The van der Waals surface area contributed by atoms with Crippen LogP contribution in [0.1, 0.15) is 334 Å². The van der Waals surface area contributed by atoms with Gasteiger partial charge in [0.25, 0.3) is 0 Å². The molecule has 0 bridgehead atoms. The second kappa shape index (κ2) is 89.6. The SMILES string of the molecule is CC.CC.CC.CC.CC(C)(C)C(=O)[C@@H]1CSCN1.CC(C)(C)n1c(=O)[nH]c2ccc(C(N)=O)cc21.CCC(=O)[C@@H](N)CS.CCC(=O)[C@@H](N)CS.CCC(=O)[C@H](C)NC(C)=O.CCCCCN=C(CC(C)C)C1=C(O)CC(C)(C)CC1=O.CCCCCNC(C)=O.CCCCCNC(C)=O.CCCCCNC(C)=O.CN.S=PP=S. The Morgan fingerprint density at radius 3 is 1.30 bits per heavy atom. The number of imidazole rings is 1. The number of allylic oxidation sites excluding steroid dienone is 2. The van der Waals surface area contributed by atoms with E-state index in [1.54, 1.807) is 83.0 Å². The fraction of sp³-hybridized carbons (Fsp3) is 0.765. The molecular formula is C85H170N12O12P2S5. The van der Waals surface area contributed by atoms with Crippen molar-refractivity contribution in [2.75, 3.05) is 56.4 Å². The number of aliphatic hydroxyl groups is 1. The Morgan fingerprint density at radius 2 is 1.03 bits per heavy atom. The number of rotatable bonds is 31. The molecule has 682 valence electrons. The molecule has 1 fully saturated rings. The summed E-state index contributed by atoms with van der Waals surface area (Å²) in [5, 5.41) is 24.2. The van der Waals surface area contributed by atoms with E-state index in [9.17, 15) is 57.8 Å². The molecule has 1 aliphatic heterocycles. The van der Waals surface area contributed by atoms with Gasteiger partial charge in [-0.1, -0.05) is 204 Å². The van der Waals surface area contributed by atoms with E-state index in [0.717, 1.165) is 103 Å². The lowest BCUT2D eigenvalue weighted by Crippen LogP contribution is -2.40. The van der Waals surface area contributed by atoms with E-state index in [4.69, 9.17) is 17.2 Å². The standard InChI is InChI=1S/C18H31NO2.C12H15N3O2.C8H15NOS.C7H13NO2.3C7H15NO.2C5H11NOS.4C2H6.CH5N.P2S2/c1-6-7-8-9-19-14(10-13(2)3)17-15(20)11-18(4,5)12-16(17)21;1-12(2,3)15-9-6-7(10(13)16)4-5-8(9)14-11(15)17;1-8(2,3)7(10)6-4-11-5-9-6;1-4-7(10)5(2)8-6(3)9;3*1-3-4-5-6-8-7(2)9;2*1-2-5(7)4(6)3-8;5*1-2;3-1-2-4/h13,20H,6-12H2,1-5H3;4-6H,1-3H3,(H2,13,16)(H,14,17);6,9H,4-5H2,1-3H3;5H,4H2,1-3H3,(H,8,9);3*3-6H2,1-2H3,(H,8,9);2*4,8H,2-3,6H2,1H3;4*1-2H3;2H2,1H3;/t;;6-;5-;;;;2*4-;;;;;;/m..00...00....../s1. The molecule has 24 nitrogen and oxygen atoms in total. The van der Waals surface area contributed by atoms with E-state index >= 15 is 0 Å². The molecule has 31 heteroatoms. The number of benzene rings is 1.